The van der Waals surface area contributed by atoms with Crippen molar-refractivity contribution in [1.29, 1.82) is 0 Å². The Bertz CT molecular complexity index is 1180. The van der Waals surface area contributed by atoms with Crippen molar-refractivity contribution < 1.29 is 27.8 Å². The zero-order valence-electron chi connectivity index (χ0n) is 19.1. The largest absolute Gasteiger partial charge is 0.469 e. The predicted molar refractivity (Wildman–Crippen MR) is 127 cm³/mol. The van der Waals surface area contributed by atoms with Gasteiger partial charge in [0, 0.05) is 22.8 Å². The summed E-state index contributed by atoms with van der Waals surface area (Å²) in [4.78, 5) is 34.2. The van der Waals surface area contributed by atoms with Gasteiger partial charge in [0.25, 0.3) is 0 Å². The second-order valence-corrected chi connectivity index (χ2v) is 9.50. The topological polar surface area (TPSA) is 89.9 Å². The lowest BCUT2D eigenvalue weighted by molar-refractivity contribution is -0.146. The first-order chi connectivity index (χ1) is 16.8. The van der Waals surface area contributed by atoms with Crippen LogP contribution in [0.25, 0.3) is 0 Å². The standard InChI is InChI=1S/C24H24ClF2N3O4S/c1-3-34-24(32)16-19(12-4-6-13(7-5-12)23(31)33-2)29-21(22-28-10-11-35-22)30-20(16)14-8-9-15(26)18(27)17(14)25/h8-13,20H,3-7H2,1-2H3,(H,29,30)/t12-,13-,20?. The highest BCUT2D eigenvalue weighted by atomic mass is 35.5. The first-order valence-corrected chi connectivity index (χ1v) is 12.5. The van der Waals surface area contributed by atoms with Crippen LogP contribution in [0.15, 0.2) is 40.0 Å². The fourth-order valence-electron chi connectivity index (χ4n) is 4.53. The molecule has 0 saturated heterocycles. The number of hydrogen-bond acceptors (Lipinski definition) is 8. The third-order valence-electron chi connectivity index (χ3n) is 6.23. The molecule has 1 aromatic heterocycles. The van der Waals surface area contributed by atoms with E-state index in [4.69, 9.17) is 21.1 Å². The number of methoxy groups -OCH3 is 1. The number of carbonyl (C=O) groups is 2. The van der Waals surface area contributed by atoms with Crippen molar-refractivity contribution in [1.82, 2.24) is 10.3 Å². The molecule has 186 valence electrons. The number of benzene rings is 1. The van der Waals surface area contributed by atoms with E-state index in [1.54, 1.807) is 18.5 Å². The van der Waals surface area contributed by atoms with Crippen LogP contribution in [0.5, 0.6) is 0 Å². The summed E-state index contributed by atoms with van der Waals surface area (Å²) in [6.45, 7) is 1.80. The molecule has 0 radical (unpaired) electrons. The molecule has 2 aromatic rings. The van der Waals surface area contributed by atoms with Gasteiger partial charge in [-0.1, -0.05) is 17.7 Å². The Morgan fingerprint density at radius 3 is 2.60 bits per heavy atom. The number of rotatable bonds is 6. The molecule has 1 saturated carbocycles. The lowest BCUT2D eigenvalue weighted by Gasteiger charge is -2.34. The normalized spacial score (nSPS) is 22.3. The molecule has 1 fully saturated rings. The van der Waals surface area contributed by atoms with Gasteiger partial charge in [-0.15, -0.1) is 11.3 Å². The van der Waals surface area contributed by atoms with Gasteiger partial charge in [0.15, 0.2) is 22.5 Å². The molecule has 2 heterocycles. The number of aromatic nitrogens is 1. The Hall–Kier alpha value is -2.85. The molecule has 0 bridgehead atoms. The maximum atomic E-state index is 14.4. The fraction of sp³-hybridized carbons (Fsp3) is 0.417. The molecule has 7 nitrogen and oxygen atoms in total. The average molecular weight is 524 g/mol. The summed E-state index contributed by atoms with van der Waals surface area (Å²) < 4.78 is 38.5. The quantitative estimate of drug-likeness (QED) is 0.425. The van der Waals surface area contributed by atoms with Gasteiger partial charge in [-0.2, -0.15) is 0 Å². The average Bonchev–Trinajstić information content (AvgIpc) is 3.41. The highest BCUT2D eigenvalue weighted by molar-refractivity contribution is 7.11. The molecule has 1 N–H and O–H groups in total. The number of carbonyl (C=O) groups excluding carboxylic acids is 2. The van der Waals surface area contributed by atoms with Gasteiger partial charge < -0.3 is 14.8 Å². The van der Waals surface area contributed by atoms with Gasteiger partial charge >= 0.3 is 11.9 Å². The zero-order valence-corrected chi connectivity index (χ0v) is 20.7. The molecule has 1 atom stereocenters. The van der Waals surface area contributed by atoms with Crippen LogP contribution in [0.1, 0.15) is 49.2 Å². The van der Waals surface area contributed by atoms with E-state index in [0.29, 0.717) is 42.2 Å². The number of aliphatic imine (C=N–C) groups is 1. The van der Waals surface area contributed by atoms with Crippen molar-refractivity contribution in [2.75, 3.05) is 13.7 Å². The van der Waals surface area contributed by atoms with E-state index in [1.165, 1.54) is 24.5 Å². The van der Waals surface area contributed by atoms with Gasteiger partial charge in [-0.05, 0) is 44.6 Å². The molecule has 0 amide bonds. The summed E-state index contributed by atoms with van der Waals surface area (Å²) in [6, 6.07) is 1.25. The van der Waals surface area contributed by atoms with Crippen LogP contribution in [-0.2, 0) is 19.1 Å². The molecule has 4 rings (SSSR count). The van der Waals surface area contributed by atoms with Crippen LogP contribution >= 0.6 is 22.9 Å². The van der Waals surface area contributed by atoms with E-state index in [9.17, 15) is 18.4 Å². The summed E-state index contributed by atoms with van der Waals surface area (Å²) in [5.41, 5.74) is 0.893. The number of amidine groups is 1. The molecule has 2 aliphatic rings. The van der Waals surface area contributed by atoms with E-state index in [0.717, 1.165) is 6.07 Å². The number of ether oxygens (including phenoxy) is 2. The third-order valence-corrected chi connectivity index (χ3v) is 7.40. The first kappa shape index (κ1) is 25.2. The summed E-state index contributed by atoms with van der Waals surface area (Å²) in [7, 11) is 1.37. The van der Waals surface area contributed by atoms with E-state index in [2.05, 4.69) is 15.3 Å². The SMILES string of the molecule is CCOC(=O)C1=C([C@H]2CC[C@H](C(=O)OC)CC2)NC(c2nccs2)=NC1c1ccc(F)c(F)c1Cl. The smallest absolute Gasteiger partial charge is 0.338 e. The highest BCUT2D eigenvalue weighted by Crippen LogP contribution is 2.42. The van der Waals surface area contributed by atoms with Crippen molar-refractivity contribution >= 4 is 40.7 Å². The molecule has 1 aromatic carbocycles. The number of nitrogens with zero attached hydrogens (tertiary/aromatic N) is 2. The monoisotopic (exact) mass is 523 g/mol. The number of allylic oxidation sites excluding steroid dienone is 1. The Balaban J connectivity index is 1.82. The first-order valence-electron chi connectivity index (χ1n) is 11.2. The van der Waals surface area contributed by atoms with Crippen LogP contribution in [0, 0.1) is 23.5 Å². The van der Waals surface area contributed by atoms with Gasteiger partial charge in [0.1, 0.15) is 6.04 Å². The Morgan fingerprint density at radius 2 is 1.97 bits per heavy atom. The molecule has 35 heavy (non-hydrogen) atoms. The van der Waals surface area contributed by atoms with Crippen LogP contribution in [0.2, 0.25) is 5.02 Å². The van der Waals surface area contributed by atoms with E-state index >= 15 is 0 Å². The van der Waals surface area contributed by atoms with E-state index < -0.39 is 28.7 Å². The second-order valence-electron chi connectivity index (χ2n) is 8.23. The number of esters is 2. The molecular weight excluding hydrogens is 500 g/mol. The Labute approximate surface area is 210 Å². The van der Waals surface area contributed by atoms with Crippen LogP contribution in [0.3, 0.4) is 0 Å². The number of halogens is 3. The minimum absolute atomic E-state index is 0.117. The van der Waals surface area contributed by atoms with Crippen LogP contribution in [0.4, 0.5) is 8.78 Å². The highest BCUT2D eigenvalue weighted by Gasteiger charge is 2.39. The summed E-state index contributed by atoms with van der Waals surface area (Å²) in [5.74, 6) is -3.14. The minimum atomic E-state index is -1.21. The van der Waals surface area contributed by atoms with Crippen molar-refractivity contribution in [2.24, 2.45) is 16.8 Å². The van der Waals surface area contributed by atoms with Gasteiger partial charge in [-0.25, -0.2) is 18.6 Å². The molecule has 11 heteroatoms. The molecule has 1 unspecified atom stereocenters. The maximum Gasteiger partial charge on any atom is 0.338 e. The van der Waals surface area contributed by atoms with E-state index in [-0.39, 0.29) is 35.5 Å². The Morgan fingerprint density at radius 1 is 1.23 bits per heavy atom. The molecule has 1 aliphatic carbocycles. The number of nitrogens with one attached hydrogen (secondary N) is 1. The Kier molecular flexibility index (Phi) is 7.81. The number of hydrogen-bond donors (Lipinski definition) is 1. The van der Waals surface area contributed by atoms with Crippen LogP contribution < -0.4 is 5.32 Å². The lowest BCUT2D eigenvalue weighted by Crippen LogP contribution is -2.38. The van der Waals surface area contributed by atoms with Crippen molar-refractivity contribution in [2.45, 2.75) is 38.6 Å². The van der Waals surface area contributed by atoms with E-state index in [1.807, 2.05) is 0 Å². The summed E-state index contributed by atoms with van der Waals surface area (Å²) in [5, 5.41) is 5.17. The van der Waals surface area contributed by atoms with Crippen molar-refractivity contribution in [3.05, 3.63) is 62.2 Å². The van der Waals surface area contributed by atoms with Crippen LogP contribution in [-0.4, -0.2) is 36.5 Å². The fourth-order valence-corrected chi connectivity index (χ4v) is 5.38. The third kappa shape index (κ3) is 5.08. The van der Waals surface area contributed by atoms with Crippen molar-refractivity contribution in [3.8, 4) is 0 Å². The van der Waals surface area contributed by atoms with Crippen molar-refractivity contribution in [3.63, 3.8) is 0 Å². The van der Waals surface area contributed by atoms with Gasteiger partial charge in [-0.3, -0.25) is 9.79 Å². The van der Waals surface area contributed by atoms with Gasteiger partial charge in [0.05, 0.1) is 30.2 Å². The lowest BCUT2D eigenvalue weighted by atomic mass is 9.78. The summed E-state index contributed by atoms with van der Waals surface area (Å²) in [6.07, 6.45) is 4.00. The minimum Gasteiger partial charge on any atom is -0.469 e. The second kappa shape index (κ2) is 10.8. The van der Waals surface area contributed by atoms with Gasteiger partial charge in [0.2, 0.25) is 0 Å². The molecular formula is C24H24ClF2N3O4S. The molecule has 0 spiro atoms. The molecule has 1 aliphatic heterocycles. The number of thiazole rings is 1. The maximum absolute atomic E-state index is 14.4. The predicted octanol–water partition coefficient (Wildman–Crippen LogP) is 4.96. The zero-order chi connectivity index (χ0) is 25.1. The summed E-state index contributed by atoms with van der Waals surface area (Å²) >= 11 is 7.55.